The number of nitrogens with zero attached hydrogens (tertiary/aromatic N) is 2. The molecule has 0 aliphatic rings. The van der Waals surface area contributed by atoms with Gasteiger partial charge in [0.2, 0.25) is 0 Å². The van der Waals surface area contributed by atoms with Gasteiger partial charge in [-0.15, -0.1) is 11.3 Å². The Bertz CT molecular complexity index is 685. The summed E-state index contributed by atoms with van der Waals surface area (Å²) in [4.78, 5) is 5.70. The summed E-state index contributed by atoms with van der Waals surface area (Å²) in [6.45, 7) is 1.87. The molecule has 0 saturated heterocycles. The van der Waals surface area contributed by atoms with Crippen LogP contribution in [0, 0.1) is 0 Å². The fraction of sp³-hybridized carbons (Fsp3) is 0.235. The zero-order chi connectivity index (χ0) is 14.5. The third-order valence-corrected chi connectivity index (χ3v) is 4.44. The van der Waals surface area contributed by atoms with Gasteiger partial charge in [0.25, 0.3) is 0 Å². The first-order valence-corrected chi connectivity index (χ1v) is 8.00. The van der Waals surface area contributed by atoms with Crippen molar-refractivity contribution >= 4 is 11.3 Å². The molecule has 4 heteroatoms. The first-order chi connectivity index (χ1) is 10.3. The van der Waals surface area contributed by atoms with Gasteiger partial charge in [-0.1, -0.05) is 30.3 Å². The van der Waals surface area contributed by atoms with E-state index in [9.17, 15) is 0 Å². The molecule has 0 aliphatic carbocycles. The number of aromatic nitrogens is 2. The van der Waals surface area contributed by atoms with Crippen LogP contribution in [0.5, 0.6) is 0 Å². The summed E-state index contributed by atoms with van der Waals surface area (Å²) in [7, 11) is 2.04. The molecule has 2 heterocycles. The highest BCUT2D eigenvalue weighted by atomic mass is 32.1. The molecular weight excluding hydrogens is 278 g/mol. The van der Waals surface area contributed by atoms with Crippen molar-refractivity contribution in [2.24, 2.45) is 7.05 Å². The van der Waals surface area contributed by atoms with Gasteiger partial charge in [0.05, 0.1) is 0 Å². The molecule has 0 saturated carbocycles. The fourth-order valence-electron chi connectivity index (χ4n) is 2.30. The lowest BCUT2D eigenvalue weighted by Crippen LogP contribution is -2.17. The summed E-state index contributed by atoms with van der Waals surface area (Å²) >= 11 is 1.81. The van der Waals surface area contributed by atoms with Gasteiger partial charge in [0.15, 0.2) is 0 Å². The summed E-state index contributed by atoms with van der Waals surface area (Å²) in [6.07, 6.45) is 4.79. The van der Waals surface area contributed by atoms with Crippen LogP contribution in [0.1, 0.15) is 10.7 Å². The fourth-order valence-corrected chi connectivity index (χ4v) is 3.17. The molecule has 3 nitrogen and oxygen atoms in total. The smallest absolute Gasteiger partial charge is 0.109 e. The molecule has 0 amide bonds. The number of rotatable bonds is 6. The Balaban J connectivity index is 1.50. The van der Waals surface area contributed by atoms with Gasteiger partial charge >= 0.3 is 0 Å². The van der Waals surface area contributed by atoms with Crippen LogP contribution in [0.2, 0.25) is 0 Å². The monoisotopic (exact) mass is 297 g/mol. The van der Waals surface area contributed by atoms with Crippen molar-refractivity contribution < 1.29 is 0 Å². The number of benzene rings is 1. The molecule has 0 unspecified atom stereocenters. The van der Waals surface area contributed by atoms with E-state index in [1.165, 1.54) is 16.0 Å². The van der Waals surface area contributed by atoms with Crippen molar-refractivity contribution in [1.82, 2.24) is 14.9 Å². The highest BCUT2D eigenvalue weighted by Crippen LogP contribution is 2.25. The lowest BCUT2D eigenvalue weighted by molar-refractivity contribution is 0.659. The third-order valence-electron chi connectivity index (χ3n) is 3.51. The van der Waals surface area contributed by atoms with E-state index in [0.29, 0.717) is 0 Å². The van der Waals surface area contributed by atoms with Crippen molar-refractivity contribution in [3.05, 3.63) is 64.9 Å². The molecule has 0 aliphatic heterocycles. The van der Waals surface area contributed by atoms with Crippen LogP contribution in [0.4, 0.5) is 0 Å². The minimum Gasteiger partial charge on any atom is -0.338 e. The van der Waals surface area contributed by atoms with Crippen molar-refractivity contribution in [3.63, 3.8) is 0 Å². The van der Waals surface area contributed by atoms with Crippen molar-refractivity contribution in [3.8, 4) is 11.1 Å². The number of nitrogens with one attached hydrogen (secondary N) is 1. The Morgan fingerprint density at radius 1 is 1.19 bits per heavy atom. The second-order valence-corrected chi connectivity index (χ2v) is 6.04. The first kappa shape index (κ1) is 14.0. The van der Waals surface area contributed by atoms with Crippen molar-refractivity contribution in [2.75, 3.05) is 6.54 Å². The second-order valence-electron chi connectivity index (χ2n) is 5.05. The van der Waals surface area contributed by atoms with Gasteiger partial charge in [0.1, 0.15) is 5.82 Å². The van der Waals surface area contributed by atoms with Crippen LogP contribution in [0.25, 0.3) is 11.1 Å². The molecule has 0 spiro atoms. The van der Waals surface area contributed by atoms with E-state index in [2.05, 4.69) is 56.6 Å². The van der Waals surface area contributed by atoms with E-state index in [0.717, 1.165) is 25.3 Å². The quantitative estimate of drug-likeness (QED) is 0.706. The first-order valence-electron chi connectivity index (χ1n) is 7.12. The van der Waals surface area contributed by atoms with E-state index in [-0.39, 0.29) is 0 Å². The molecule has 108 valence electrons. The molecule has 0 radical (unpaired) electrons. The third kappa shape index (κ3) is 3.60. The molecule has 0 fully saturated rings. The Hall–Kier alpha value is -1.91. The number of hydrogen-bond donors (Lipinski definition) is 1. The van der Waals surface area contributed by atoms with Gasteiger partial charge < -0.3 is 9.88 Å². The minimum atomic E-state index is 0.919. The molecule has 21 heavy (non-hydrogen) atoms. The molecule has 1 N–H and O–H groups in total. The number of imidazole rings is 1. The Morgan fingerprint density at radius 2 is 2.05 bits per heavy atom. The lowest BCUT2D eigenvalue weighted by atomic mass is 10.1. The molecule has 3 aromatic rings. The maximum atomic E-state index is 4.33. The standard InChI is InChI=1S/C17H19N3S/c1-20-10-9-19-17(20)7-8-18-12-16-11-15(13-21-16)14-5-3-2-4-6-14/h2-6,9-11,13,18H,7-8,12H2,1H3. The van der Waals surface area contributed by atoms with Crippen LogP contribution >= 0.6 is 11.3 Å². The van der Waals surface area contributed by atoms with Crippen LogP contribution in [0.15, 0.2) is 54.2 Å². The van der Waals surface area contributed by atoms with Crippen molar-refractivity contribution in [2.45, 2.75) is 13.0 Å². The Labute approximate surface area is 129 Å². The highest BCUT2D eigenvalue weighted by molar-refractivity contribution is 7.10. The van der Waals surface area contributed by atoms with Crippen LogP contribution < -0.4 is 5.32 Å². The van der Waals surface area contributed by atoms with Gasteiger partial charge in [-0.25, -0.2) is 4.98 Å². The average Bonchev–Trinajstić information content (AvgIpc) is 3.14. The Kier molecular flexibility index (Phi) is 4.48. The van der Waals surface area contributed by atoms with E-state index in [1.54, 1.807) is 0 Å². The molecule has 2 aromatic heterocycles. The van der Waals surface area contributed by atoms with Crippen LogP contribution in [0.3, 0.4) is 0 Å². The second kappa shape index (κ2) is 6.70. The summed E-state index contributed by atoms with van der Waals surface area (Å²) in [6, 6.07) is 12.8. The molecule has 0 atom stereocenters. The summed E-state index contributed by atoms with van der Waals surface area (Å²) in [5.74, 6) is 1.12. The summed E-state index contributed by atoms with van der Waals surface area (Å²) in [5, 5.41) is 5.72. The molecule has 1 aromatic carbocycles. The lowest BCUT2D eigenvalue weighted by Gasteiger charge is -2.03. The van der Waals surface area contributed by atoms with Gasteiger partial charge in [-0.3, -0.25) is 0 Å². The van der Waals surface area contributed by atoms with Crippen molar-refractivity contribution in [1.29, 1.82) is 0 Å². The van der Waals surface area contributed by atoms with E-state index in [1.807, 2.05) is 30.8 Å². The predicted molar refractivity (Wildman–Crippen MR) is 88.4 cm³/mol. The zero-order valence-corrected chi connectivity index (χ0v) is 12.9. The van der Waals surface area contributed by atoms with Crippen LogP contribution in [-0.4, -0.2) is 16.1 Å². The summed E-state index contributed by atoms with van der Waals surface area (Å²) < 4.78 is 2.07. The number of aryl methyl sites for hydroxylation is 1. The minimum absolute atomic E-state index is 0.919. The molecule has 0 bridgehead atoms. The topological polar surface area (TPSA) is 29.9 Å². The van der Waals surface area contributed by atoms with E-state index in [4.69, 9.17) is 0 Å². The Morgan fingerprint density at radius 3 is 2.81 bits per heavy atom. The van der Waals surface area contributed by atoms with Gasteiger partial charge in [-0.05, 0) is 22.6 Å². The van der Waals surface area contributed by atoms with E-state index >= 15 is 0 Å². The summed E-state index contributed by atoms with van der Waals surface area (Å²) in [5.41, 5.74) is 2.59. The van der Waals surface area contributed by atoms with Gasteiger partial charge in [0, 0.05) is 43.8 Å². The van der Waals surface area contributed by atoms with Crippen LogP contribution in [-0.2, 0) is 20.0 Å². The average molecular weight is 297 g/mol. The maximum Gasteiger partial charge on any atom is 0.109 e. The maximum absolute atomic E-state index is 4.33. The SMILES string of the molecule is Cn1ccnc1CCNCc1cc(-c2ccccc2)cs1. The van der Waals surface area contributed by atoms with Gasteiger partial charge in [-0.2, -0.15) is 0 Å². The number of thiophene rings is 1. The highest BCUT2D eigenvalue weighted by Gasteiger charge is 2.03. The zero-order valence-electron chi connectivity index (χ0n) is 12.1. The molecule has 3 rings (SSSR count). The number of hydrogen-bond acceptors (Lipinski definition) is 3. The largest absolute Gasteiger partial charge is 0.338 e. The normalized spacial score (nSPS) is 10.9. The predicted octanol–water partition coefficient (Wildman–Crippen LogP) is 3.48. The van der Waals surface area contributed by atoms with E-state index < -0.39 is 0 Å². The molecular formula is C17H19N3S.